The zero-order valence-corrected chi connectivity index (χ0v) is 9.95. The van der Waals surface area contributed by atoms with Gasteiger partial charge >= 0.3 is 12.1 Å². The minimum absolute atomic E-state index is 0.0278. The number of Topliss-reactive ketones (excluding diaryl/α,β-unsaturated/α-hetero) is 1. The van der Waals surface area contributed by atoms with Crippen molar-refractivity contribution < 1.29 is 32.6 Å². The molecule has 0 saturated carbocycles. The van der Waals surface area contributed by atoms with Crippen LogP contribution >= 0.6 is 0 Å². The number of carbonyl (C=O) groups excluding carboxylic acids is 1. The third kappa shape index (κ3) is 3.97. The van der Waals surface area contributed by atoms with Crippen molar-refractivity contribution in [2.24, 2.45) is 0 Å². The fourth-order valence-corrected chi connectivity index (χ4v) is 1.46. The summed E-state index contributed by atoms with van der Waals surface area (Å²) in [6, 6.07) is 3.01. The molecular formula is C12H11F3O4. The zero-order chi connectivity index (χ0) is 14.6. The van der Waals surface area contributed by atoms with E-state index in [9.17, 15) is 22.8 Å². The molecule has 0 spiro atoms. The van der Waals surface area contributed by atoms with Gasteiger partial charge in [0, 0.05) is 11.1 Å². The van der Waals surface area contributed by atoms with Gasteiger partial charge < -0.3 is 9.84 Å². The Morgan fingerprint density at radius 2 is 1.95 bits per heavy atom. The summed E-state index contributed by atoms with van der Waals surface area (Å²) in [5.41, 5.74) is -0.363. The van der Waals surface area contributed by atoms with E-state index in [2.05, 4.69) is 0 Å². The molecule has 7 heteroatoms. The Labute approximate surface area is 106 Å². The van der Waals surface area contributed by atoms with E-state index in [-0.39, 0.29) is 17.9 Å². The van der Waals surface area contributed by atoms with E-state index in [1.807, 2.05) is 0 Å². The van der Waals surface area contributed by atoms with Crippen LogP contribution in [0.4, 0.5) is 13.2 Å². The van der Waals surface area contributed by atoms with Crippen molar-refractivity contribution in [1.29, 1.82) is 0 Å². The van der Waals surface area contributed by atoms with E-state index >= 15 is 0 Å². The van der Waals surface area contributed by atoms with Crippen molar-refractivity contribution in [3.63, 3.8) is 0 Å². The van der Waals surface area contributed by atoms with Gasteiger partial charge in [-0.2, -0.15) is 13.2 Å². The third-order valence-corrected chi connectivity index (χ3v) is 2.23. The van der Waals surface area contributed by atoms with Gasteiger partial charge in [-0.1, -0.05) is 12.1 Å². The van der Waals surface area contributed by atoms with Crippen LogP contribution in [0.15, 0.2) is 18.2 Å². The highest BCUT2D eigenvalue weighted by molar-refractivity contribution is 6.00. The van der Waals surface area contributed by atoms with E-state index in [1.165, 1.54) is 0 Å². The molecule has 0 fully saturated rings. The molecule has 104 valence electrons. The van der Waals surface area contributed by atoms with Crippen LogP contribution in [-0.4, -0.2) is 29.6 Å². The standard InChI is InChI=1S/C12H11F3O4/c1-2-19-9-5-8(11(18)12(13,14)15)4-3-7(9)6-10(16)17/h3-5H,2,6H2,1H3,(H,16,17). The predicted molar refractivity (Wildman–Crippen MR) is 59.3 cm³/mol. The van der Waals surface area contributed by atoms with Gasteiger partial charge in [-0.25, -0.2) is 0 Å². The Morgan fingerprint density at radius 3 is 2.42 bits per heavy atom. The fraction of sp³-hybridized carbons (Fsp3) is 0.333. The van der Waals surface area contributed by atoms with Crippen LogP contribution < -0.4 is 4.74 Å². The van der Waals surface area contributed by atoms with Crippen LogP contribution in [-0.2, 0) is 11.2 Å². The lowest BCUT2D eigenvalue weighted by Gasteiger charge is -2.11. The normalized spacial score (nSPS) is 11.2. The van der Waals surface area contributed by atoms with Crippen molar-refractivity contribution in [2.75, 3.05) is 6.61 Å². The highest BCUT2D eigenvalue weighted by atomic mass is 19.4. The molecule has 4 nitrogen and oxygen atoms in total. The van der Waals surface area contributed by atoms with Crippen molar-refractivity contribution in [3.8, 4) is 5.75 Å². The molecule has 0 saturated heterocycles. The van der Waals surface area contributed by atoms with Crippen LogP contribution in [0, 0.1) is 0 Å². The predicted octanol–water partition coefficient (Wildman–Crippen LogP) is 2.46. The first kappa shape index (κ1) is 15.0. The van der Waals surface area contributed by atoms with Crippen LogP contribution in [0.3, 0.4) is 0 Å². The number of halogens is 3. The second-order valence-electron chi connectivity index (χ2n) is 3.65. The molecule has 0 aromatic heterocycles. The molecule has 1 aromatic rings. The Bertz CT molecular complexity index is 494. The van der Waals surface area contributed by atoms with Crippen molar-refractivity contribution in [2.45, 2.75) is 19.5 Å². The SMILES string of the molecule is CCOc1cc(C(=O)C(F)(F)F)ccc1CC(=O)O. The monoisotopic (exact) mass is 276 g/mol. The maximum absolute atomic E-state index is 12.3. The molecule has 0 aliphatic carbocycles. The van der Waals surface area contributed by atoms with E-state index in [0.717, 1.165) is 18.2 Å². The summed E-state index contributed by atoms with van der Waals surface area (Å²) in [7, 11) is 0. The first-order valence-corrected chi connectivity index (χ1v) is 5.34. The average Bonchev–Trinajstić information content (AvgIpc) is 2.29. The number of hydrogen-bond acceptors (Lipinski definition) is 3. The number of ketones is 1. The summed E-state index contributed by atoms with van der Waals surface area (Å²) in [6.45, 7) is 1.75. The molecule has 0 amide bonds. The van der Waals surface area contributed by atoms with E-state index in [4.69, 9.17) is 9.84 Å². The Morgan fingerprint density at radius 1 is 1.32 bits per heavy atom. The highest BCUT2D eigenvalue weighted by Crippen LogP contribution is 2.26. The molecule has 0 atom stereocenters. The van der Waals surface area contributed by atoms with Crippen LogP contribution in [0.1, 0.15) is 22.8 Å². The lowest BCUT2D eigenvalue weighted by Crippen LogP contribution is -2.22. The van der Waals surface area contributed by atoms with Crippen molar-refractivity contribution >= 4 is 11.8 Å². The minimum atomic E-state index is -4.97. The topological polar surface area (TPSA) is 63.6 Å². The van der Waals surface area contributed by atoms with Crippen molar-refractivity contribution in [1.82, 2.24) is 0 Å². The first-order chi connectivity index (χ1) is 8.75. The van der Waals surface area contributed by atoms with Crippen molar-refractivity contribution in [3.05, 3.63) is 29.3 Å². The number of ether oxygens (including phenoxy) is 1. The number of carboxylic acid groups (broad SMARTS) is 1. The van der Waals surface area contributed by atoms with Gasteiger partial charge in [0.25, 0.3) is 5.78 Å². The molecule has 0 radical (unpaired) electrons. The van der Waals surface area contributed by atoms with Gasteiger partial charge in [0.2, 0.25) is 0 Å². The molecule has 0 heterocycles. The minimum Gasteiger partial charge on any atom is -0.494 e. The number of carbonyl (C=O) groups is 2. The number of benzene rings is 1. The summed E-state index contributed by atoms with van der Waals surface area (Å²) >= 11 is 0. The number of alkyl halides is 3. The second kappa shape index (κ2) is 5.73. The van der Waals surface area contributed by atoms with Gasteiger partial charge in [0.1, 0.15) is 5.75 Å². The summed E-state index contributed by atoms with van der Waals surface area (Å²) in [4.78, 5) is 21.7. The lowest BCUT2D eigenvalue weighted by atomic mass is 10.0. The van der Waals surface area contributed by atoms with E-state index in [1.54, 1.807) is 6.92 Å². The second-order valence-corrected chi connectivity index (χ2v) is 3.65. The lowest BCUT2D eigenvalue weighted by molar-refractivity contribution is -0.136. The van der Waals surface area contributed by atoms with Crippen LogP contribution in [0.2, 0.25) is 0 Å². The van der Waals surface area contributed by atoms with Crippen LogP contribution in [0.25, 0.3) is 0 Å². The smallest absolute Gasteiger partial charge is 0.454 e. The number of hydrogen-bond donors (Lipinski definition) is 1. The Balaban J connectivity index is 3.15. The quantitative estimate of drug-likeness (QED) is 0.839. The molecule has 1 N–H and O–H groups in total. The molecule has 0 aliphatic heterocycles. The fourth-order valence-electron chi connectivity index (χ4n) is 1.46. The van der Waals surface area contributed by atoms with Gasteiger partial charge in [0.05, 0.1) is 13.0 Å². The summed E-state index contributed by atoms with van der Waals surface area (Å²) in [6.07, 6.45) is -5.37. The number of rotatable bonds is 5. The molecule has 0 aliphatic rings. The third-order valence-electron chi connectivity index (χ3n) is 2.23. The molecule has 0 bridgehead atoms. The maximum atomic E-state index is 12.3. The number of carboxylic acids is 1. The van der Waals surface area contributed by atoms with Gasteiger partial charge in [-0.3, -0.25) is 9.59 Å². The zero-order valence-electron chi connectivity index (χ0n) is 9.95. The molecule has 0 unspecified atom stereocenters. The summed E-state index contributed by atoms with van der Waals surface area (Å²) in [5, 5.41) is 8.66. The first-order valence-electron chi connectivity index (χ1n) is 5.34. The molecule has 1 aromatic carbocycles. The van der Waals surface area contributed by atoms with E-state index in [0.29, 0.717) is 0 Å². The Hall–Kier alpha value is -2.05. The van der Waals surface area contributed by atoms with Gasteiger partial charge in [-0.15, -0.1) is 0 Å². The van der Waals surface area contributed by atoms with Gasteiger partial charge in [-0.05, 0) is 13.0 Å². The summed E-state index contributed by atoms with van der Waals surface area (Å²) in [5.74, 6) is -3.16. The summed E-state index contributed by atoms with van der Waals surface area (Å²) < 4.78 is 41.9. The maximum Gasteiger partial charge on any atom is 0.454 e. The Kier molecular flexibility index (Phi) is 4.52. The average molecular weight is 276 g/mol. The highest BCUT2D eigenvalue weighted by Gasteiger charge is 2.39. The molecular weight excluding hydrogens is 265 g/mol. The molecule has 1 rings (SSSR count). The van der Waals surface area contributed by atoms with Crippen LogP contribution in [0.5, 0.6) is 5.75 Å². The largest absolute Gasteiger partial charge is 0.494 e. The molecule has 19 heavy (non-hydrogen) atoms. The number of aliphatic carboxylic acids is 1. The van der Waals surface area contributed by atoms with Gasteiger partial charge in [0.15, 0.2) is 0 Å². The van der Waals surface area contributed by atoms with E-state index < -0.39 is 29.9 Å².